The molecule has 1 saturated carbocycles. The zero-order valence-electron chi connectivity index (χ0n) is 18.6. The Hall–Kier alpha value is -3.29. The van der Waals surface area contributed by atoms with Crippen molar-refractivity contribution < 1.29 is 18.0 Å². The molecule has 0 spiro atoms. The van der Waals surface area contributed by atoms with Gasteiger partial charge < -0.3 is 15.5 Å². The summed E-state index contributed by atoms with van der Waals surface area (Å²) in [5.41, 5.74) is 1.25. The van der Waals surface area contributed by atoms with E-state index in [2.05, 4.69) is 15.6 Å². The van der Waals surface area contributed by atoms with Crippen LogP contribution >= 0.6 is 0 Å². The SMILES string of the molecule is CN(C)c1ccccc1C(=O)N[C@@H]1CCC[C@H](Nc2cc(C(F)(F)F)nc3ccccc23)C1. The van der Waals surface area contributed by atoms with Gasteiger partial charge in [-0.3, -0.25) is 4.79 Å². The Morgan fingerprint density at radius 3 is 2.48 bits per heavy atom. The molecule has 1 aromatic heterocycles. The van der Waals surface area contributed by atoms with Gasteiger partial charge >= 0.3 is 6.18 Å². The van der Waals surface area contributed by atoms with Gasteiger partial charge in [-0.1, -0.05) is 30.3 Å². The summed E-state index contributed by atoms with van der Waals surface area (Å²) in [7, 11) is 3.78. The standard InChI is InChI=1S/C25H27F3N4O/c1-32(2)22-13-6-4-11-19(22)24(33)30-17-9-7-8-16(14-17)29-21-15-23(25(26,27)28)31-20-12-5-3-10-18(20)21/h3-6,10-13,15-17H,7-9,14H2,1-2H3,(H,29,31)(H,30,33)/t16-,17+/m0/s1. The summed E-state index contributed by atoms with van der Waals surface area (Å²) < 4.78 is 40.2. The molecule has 1 heterocycles. The second-order valence-corrected chi connectivity index (χ2v) is 8.66. The first-order valence-corrected chi connectivity index (χ1v) is 11.0. The van der Waals surface area contributed by atoms with E-state index in [0.717, 1.165) is 31.0 Å². The van der Waals surface area contributed by atoms with E-state index in [0.29, 0.717) is 28.6 Å². The molecular weight excluding hydrogens is 429 g/mol. The molecule has 5 nitrogen and oxygen atoms in total. The Bertz CT molecular complexity index is 1150. The Balaban J connectivity index is 1.51. The van der Waals surface area contributed by atoms with Crippen LogP contribution < -0.4 is 15.5 Å². The highest BCUT2D eigenvalue weighted by Gasteiger charge is 2.34. The molecule has 2 atom stereocenters. The quantitative estimate of drug-likeness (QED) is 0.534. The van der Waals surface area contributed by atoms with E-state index in [9.17, 15) is 18.0 Å². The van der Waals surface area contributed by atoms with Crippen LogP contribution in [-0.4, -0.2) is 37.1 Å². The van der Waals surface area contributed by atoms with Gasteiger partial charge in [0.05, 0.1) is 11.1 Å². The van der Waals surface area contributed by atoms with Crippen LogP contribution in [0.1, 0.15) is 41.7 Å². The van der Waals surface area contributed by atoms with E-state index in [4.69, 9.17) is 0 Å². The highest BCUT2D eigenvalue weighted by Crippen LogP contribution is 2.34. The van der Waals surface area contributed by atoms with E-state index in [-0.39, 0.29) is 18.0 Å². The minimum absolute atomic E-state index is 0.0555. The van der Waals surface area contributed by atoms with Crippen molar-refractivity contribution in [1.82, 2.24) is 10.3 Å². The summed E-state index contributed by atoms with van der Waals surface area (Å²) in [6.07, 6.45) is -1.37. The Morgan fingerprint density at radius 1 is 1.03 bits per heavy atom. The summed E-state index contributed by atoms with van der Waals surface area (Å²) in [5.74, 6) is -0.140. The molecule has 33 heavy (non-hydrogen) atoms. The molecule has 8 heteroatoms. The number of anilines is 2. The Labute approximate surface area is 191 Å². The third kappa shape index (κ3) is 5.21. The highest BCUT2D eigenvalue weighted by atomic mass is 19.4. The molecule has 3 aromatic rings. The van der Waals surface area contributed by atoms with Crippen LogP contribution in [0.3, 0.4) is 0 Å². The normalized spacial score (nSPS) is 18.7. The van der Waals surface area contributed by atoms with Crippen molar-refractivity contribution in [2.24, 2.45) is 0 Å². The second kappa shape index (κ2) is 9.29. The minimum atomic E-state index is -4.52. The number of halogens is 3. The average molecular weight is 457 g/mol. The summed E-state index contributed by atoms with van der Waals surface area (Å²) in [4.78, 5) is 18.6. The fourth-order valence-corrected chi connectivity index (χ4v) is 4.43. The van der Waals surface area contributed by atoms with Crippen molar-refractivity contribution in [3.63, 3.8) is 0 Å². The van der Waals surface area contributed by atoms with E-state index in [1.165, 1.54) is 0 Å². The molecule has 4 rings (SSSR count). The largest absolute Gasteiger partial charge is 0.433 e. The zero-order chi connectivity index (χ0) is 23.6. The van der Waals surface area contributed by atoms with Gasteiger partial charge in [0.2, 0.25) is 0 Å². The minimum Gasteiger partial charge on any atom is -0.382 e. The maximum Gasteiger partial charge on any atom is 0.433 e. The average Bonchev–Trinajstić information content (AvgIpc) is 2.78. The third-order valence-corrected chi connectivity index (χ3v) is 6.01. The van der Waals surface area contributed by atoms with Gasteiger partial charge in [0, 0.05) is 42.9 Å². The van der Waals surface area contributed by atoms with Gasteiger partial charge in [-0.25, -0.2) is 4.98 Å². The van der Waals surface area contributed by atoms with Crippen LogP contribution in [0.2, 0.25) is 0 Å². The number of hydrogen-bond donors (Lipinski definition) is 2. The first-order valence-electron chi connectivity index (χ1n) is 11.0. The molecule has 0 bridgehead atoms. The predicted octanol–water partition coefficient (Wildman–Crippen LogP) is 5.47. The van der Waals surface area contributed by atoms with Crippen molar-refractivity contribution in [3.8, 4) is 0 Å². The van der Waals surface area contributed by atoms with E-state index in [1.54, 1.807) is 30.3 Å². The van der Waals surface area contributed by atoms with Gasteiger partial charge in [0.15, 0.2) is 0 Å². The topological polar surface area (TPSA) is 57.3 Å². The maximum absolute atomic E-state index is 13.4. The van der Waals surface area contributed by atoms with Gasteiger partial charge in [-0.15, -0.1) is 0 Å². The zero-order valence-corrected chi connectivity index (χ0v) is 18.6. The smallest absolute Gasteiger partial charge is 0.382 e. The Kier molecular flexibility index (Phi) is 6.44. The Morgan fingerprint density at radius 2 is 1.73 bits per heavy atom. The number of alkyl halides is 3. The number of hydrogen-bond acceptors (Lipinski definition) is 4. The molecule has 1 aliphatic rings. The van der Waals surface area contributed by atoms with Gasteiger partial charge in [-0.05, 0) is 49.9 Å². The van der Waals surface area contributed by atoms with Crippen molar-refractivity contribution in [2.75, 3.05) is 24.3 Å². The second-order valence-electron chi connectivity index (χ2n) is 8.66. The molecule has 0 saturated heterocycles. The van der Waals surface area contributed by atoms with Crippen LogP contribution in [0.25, 0.3) is 10.9 Å². The lowest BCUT2D eigenvalue weighted by molar-refractivity contribution is -0.140. The number of carbonyl (C=O) groups is 1. The van der Waals surface area contributed by atoms with Crippen LogP contribution in [-0.2, 0) is 6.18 Å². The van der Waals surface area contributed by atoms with E-state index in [1.807, 2.05) is 37.2 Å². The van der Waals surface area contributed by atoms with E-state index >= 15 is 0 Å². The molecule has 2 N–H and O–H groups in total. The third-order valence-electron chi connectivity index (χ3n) is 6.01. The number of pyridine rings is 1. The van der Waals surface area contributed by atoms with Gasteiger partial charge in [0.25, 0.3) is 5.91 Å². The predicted molar refractivity (Wildman–Crippen MR) is 125 cm³/mol. The molecule has 2 aromatic carbocycles. The lowest BCUT2D eigenvalue weighted by Gasteiger charge is -2.31. The number of para-hydroxylation sites is 2. The number of amides is 1. The molecule has 1 aliphatic carbocycles. The molecule has 174 valence electrons. The first kappa shape index (κ1) is 22.9. The molecule has 0 unspecified atom stereocenters. The summed E-state index contributed by atoms with van der Waals surface area (Å²) in [6.45, 7) is 0. The maximum atomic E-state index is 13.4. The van der Waals surface area contributed by atoms with Gasteiger partial charge in [-0.2, -0.15) is 13.2 Å². The summed E-state index contributed by atoms with van der Waals surface area (Å²) >= 11 is 0. The number of nitrogens with zero attached hydrogens (tertiary/aromatic N) is 2. The molecular formula is C25H27F3N4O. The van der Waals surface area contributed by atoms with Crippen LogP contribution in [0, 0.1) is 0 Å². The van der Waals surface area contributed by atoms with E-state index < -0.39 is 11.9 Å². The number of benzene rings is 2. The van der Waals surface area contributed by atoms with Gasteiger partial charge in [0.1, 0.15) is 5.69 Å². The molecule has 1 amide bonds. The van der Waals surface area contributed by atoms with Crippen LogP contribution in [0.15, 0.2) is 54.6 Å². The van der Waals surface area contributed by atoms with Crippen molar-refractivity contribution in [1.29, 1.82) is 0 Å². The number of nitrogens with one attached hydrogen (secondary N) is 2. The molecule has 0 radical (unpaired) electrons. The number of carbonyl (C=O) groups excluding carboxylic acids is 1. The van der Waals surface area contributed by atoms with Crippen LogP contribution in [0.4, 0.5) is 24.5 Å². The molecule has 1 fully saturated rings. The van der Waals surface area contributed by atoms with Crippen LogP contribution in [0.5, 0.6) is 0 Å². The summed E-state index contributed by atoms with van der Waals surface area (Å²) in [6, 6.07) is 15.2. The number of aromatic nitrogens is 1. The lowest BCUT2D eigenvalue weighted by atomic mass is 9.90. The highest BCUT2D eigenvalue weighted by molar-refractivity contribution is 6.00. The van der Waals surface area contributed by atoms with Crippen molar-refractivity contribution in [2.45, 2.75) is 43.9 Å². The fraction of sp³-hybridized carbons (Fsp3) is 0.360. The monoisotopic (exact) mass is 456 g/mol. The first-order chi connectivity index (χ1) is 15.7. The fourth-order valence-electron chi connectivity index (χ4n) is 4.43. The number of rotatable bonds is 5. The van der Waals surface area contributed by atoms with Crippen molar-refractivity contribution >= 4 is 28.2 Å². The molecule has 0 aliphatic heterocycles. The number of fused-ring (bicyclic) bond motifs is 1. The summed E-state index contributed by atoms with van der Waals surface area (Å²) in [5, 5.41) is 7.08. The van der Waals surface area contributed by atoms with Crippen molar-refractivity contribution in [3.05, 3.63) is 65.9 Å². The lowest BCUT2D eigenvalue weighted by Crippen LogP contribution is -2.42.